The maximum Gasteiger partial charge on any atom is 0.237 e. The van der Waals surface area contributed by atoms with Gasteiger partial charge in [-0.2, -0.15) is 0 Å². The standard InChI is InChI=1S/C14H17NO2S/c1-12-7-9-14(10-8-12)18(16,17)15-11-13-5-3-2-4-6-13/h2-7,9,15H,8,10-11H2,1H3. The Morgan fingerprint density at radius 2 is 1.83 bits per heavy atom. The molecular formula is C14H17NO2S. The first kappa shape index (κ1) is 13.1. The van der Waals surface area contributed by atoms with Gasteiger partial charge in [-0.15, -0.1) is 0 Å². The van der Waals surface area contributed by atoms with E-state index < -0.39 is 10.0 Å². The summed E-state index contributed by atoms with van der Waals surface area (Å²) in [5.41, 5.74) is 2.18. The van der Waals surface area contributed by atoms with Gasteiger partial charge in [-0.25, -0.2) is 13.1 Å². The maximum absolute atomic E-state index is 12.1. The molecule has 0 aromatic heterocycles. The van der Waals surface area contributed by atoms with Gasteiger partial charge in [-0.1, -0.05) is 42.0 Å². The second kappa shape index (κ2) is 5.50. The van der Waals surface area contributed by atoms with Crippen LogP contribution in [0.2, 0.25) is 0 Å². The van der Waals surface area contributed by atoms with E-state index in [0.29, 0.717) is 17.9 Å². The molecule has 0 atom stereocenters. The minimum Gasteiger partial charge on any atom is -0.207 e. The van der Waals surface area contributed by atoms with Crippen LogP contribution in [0, 0.1) is 0 Å². The first-order chi connectivity index (χ1) is 8.58. The highest BCUT2D eigenvalue weighted by Crippen LogP contribution is 2.21. The van der Waals surface area contributed by atoms with Crippen LogP contribution in [-0.4, -0.2) is 8.42 Å². The third kappa shape index (κ3) is 3.31. The molecule has 0 heterocycles. The summed E-state index contributed by atoms with van der Waals surface area (Å²) in [6.45, 7) is 2.35. The number of hydrogen-bond acceptors (Lipinski definition) is 2. The molecule has 1 N–H and O–H groups in total. The summed E-state index contributed by atoms with van der Waals surface area (Å²) < 4.78 is 26.7. The van der Waals surface area contributed by atoms with E-state index in [9.17, 15) is 8.42 Å². The highest BCUT2D eigenvalue weighted by Gasteiger charge is 2.18. The smallest absolute Gasteiger partial charge is 0.207 e. The lowest BCUT2D eigenvalue weighted by Crippen LogP contribution is -2.25. The molecule has 1 aromatic carbocycles. The third-order valence-corrected chi connectivity index (χ3v) is 4.53. The molecule has 18 heavy (non-hydrogen) atoms. The molecule has 0 fully saturated rings. The van der Waals surface area contributed by atoms with Crippen molar-refractivity contribution in [3.63, 3.8) is 0 Å². The van der Waals surface area contributed by atoms with Gasteiger partial charge >= 0.3 is 0 Å². The second-order valence-corrected chi connectivity index (χ2v) is 6.28. The first-order valence-electron chi connectivity index (χ1n) is 5.98. The van der Waals surface area contributed by atoms with Crippen LogP contribution in [0.15, 0.2) is 53.0 Å². The molecule has 2 rings (SSSR count). The summed E-state index contributed by atoms with van der Waals surface area (Å²) in [5, 5.41) is 0. The predicted molar refractivity (Wildman–Crippen MR) is 73.3 cm³/mol. The molecule has 96 valence electrons. The van der Waals surface area contributed by atoms with Crippen molar-refractivity contribution in [2.75, 3.05) is 0 Å². The van der Waals surface area contributed by atoms with Crippen LogP contribution >= 0.6 is 0 Å². The lowest BCUT2D eigenvalue weighted by Gasteiger charge is -2.13. The van der Waals surface area contributed by atoms with Gasteiger partial charge in [0.1, 0.15) is 0 Å². The Hall–Kier alpha value is -1.39. The van der Waals surface area contributed by atoms with Gasteiger partial charge in [0.15, 0.2) is 0 Å². The van der Waals surface area contributed by atoms with E-state index >= 15 is 0 Å². The van der Waals surface area contributed by atoms with Crippen molar-refractivity contribution in [2.24, 2.45) is 0 Å². The summed E-state index contributed by atoms with van der Waals surface area (Å²) in [6, 6.07) is 9.52. The number of benzene rings is 1. The third-order valence-electron chi connectivity index (χ3n) is 2.97. The number of allylic oxidation sites excluding steroid dienone is 4. The SMILES string of the molecule is CC1=CC=C(S(=O)(=O)NCc2ccccc2)CC1. The predicted octanol–water partition coefficient (Wildman–Crippen LogP) is 2.73. The quantitative estimate of drug-likeness (QED) is 0.908. The fourth-order valence-corrected chi connectivity index (χ4v) is 2.97. The van der Waals surface area contributed by atoms with Gasteiger partial charge in [0, 0.05) is 6.54 Å². The highest BCUT2D eigenvalue weighted by molar-refractivity contribution is 7.93. The fraction of sp³-hybridized carbons (Fsp3) is 0.286. The van der Waals surface area contributed by atoms with Gasteiger partial charge in [0.05, 0.1) is 4.91 Å². The lowest BCUT2D eigenvalue weighted by atomic mass is 10.1. The van der Waals surface area contributed by atoms with E-state index in [2.05, 4.69) is 4.72 Å². The molecule has 0 radical (unpaired) electrons. The molecule has 0 saturated heterocycles. The van der Waals surface area contributed by atoms with Gasteiger partial charge in [0.25, 0.3) is 0 Å². The number of rotatable bonds is 4. The molecule has 1 aliphatic carbocycles. The normalized spacial score (nSPS) is 16.1. The average Bonchev–Trinajstić information content (AvgIpc) is 2.38. The number of sulfonamides is 1. The molecule has 0 amide bonds. The van der Waals surface area contributed by atoms with E-state index in [-0.39, 0.29) is 0 Å². The Labute approximate surface area is 108 Å². The van der Waals surface area contributed by atoms with Gasteiger partial charge in [0.2, 0.25) is 10.0 Å². The maximum atomic E-state index is 12.1. The fourth-order valence-electron chi connectivity index (χ4n) is 1.81. The van der Waals surface area contributed by atoms with E-state index in [1.165, 1.54) is 5.57 Å². The van der Waals surface area contributed by atoms with Crippen LogP contribution in [0.3, 0.4) is 0 Å². The second-order valence-electron chi connectivity index (χ2n) is 4.46. The van der Waals surface area contributed by atoms with Crippen LogP contribution in [0.25, 0.3) is 0 Å². The minimum atomic E-state index is -3.34. The Morgan fingerprint density at radius 3 is 2.44 bits per heavy atom. The molecule has 1 aliphatic rings. The van der Waals surface area contributed by atoms with E-state index in [1.807, 2.05) is 43.3 Å². The molecular weight excluding hydrogens is 246 g/mol. The summed E-state index contributed by atoms with van der Waals surface area (Å²) >= 11 is 0. The van der Waals surface area contributed by atoms with Crippen molar-refractivity contribution in [1.29, 1.82) is 0 Å². The molecule has 0 bridgehead atoms. The molecule has 0 unspecified atom stereocenters. The van der Waals surface area contributed by atoms with Crippen molar-refractivity contribution in [3.8, 4) is 0 Å². The minimum absolute atomic E-state index is 0.337. The molecule has 0 saturated carbocycles. The Kier molecular flexibility index (Phi) is 3.99. The van der Waals surface area contributed by atoms with Crippen molar-refractivity contribution < 1.29 is 8.42 Å². The number of nitrogens with one attached hydrogen (secondary N) is 1. The van der Waals surface area contributed by atoms with Crippen molar-refractivity contribution in [3.05, 3.63) is 58.5 Å². The van der Waals surface area contributed by atoms with Crippen LogP contribution < -0.4 is 4.72 Å². The van der Waals surface area contributed by atoms with Gasteiger partial charge in [-0.3, -0.25) is 0 Å². The summed E-state index contributed by atoms with van der Waals surface area (Å²) in [4.78, 5) is 0.476. The van der Waals surface area contributed by atoms with Gasteiger partial charge in [-0.05, 0) is 31.4 Å². The summed E-state index contributed by atoms with van der Waals surface area (Å²) in [5.74, 6) is 0. The molecule has 0 aliphatic heterocycles. The van der Waals surface area contributed by atoms with Crippen LogP contribution in [0.5, 0.6) is 0 Å². The summed E-state index contributed by atoms with van der Waals surface area (Å²) in [7, 11) is -3.34. The first-order valence-corrected chi connectivity index (χ1v) is 7.46. The highest BCUT2D eigenvalue weighted by atomic mass is 32.2. The Morgan fingerprint density at radius 1 is 1.11 bits per heavy atom. The van der Waals surface area contributed by atoms with Crippen molar-refractivity contribution in [1.82, 2.24) is 4.72 Å². The topological polar surface area (TPSA) is 46.2 Å². The molecule has 3 nitrogen and oxygen atoms in total. The Balaban J connectivity index is 2.05. The zero-order chi connectivity index (χ0) is 13.0. The van der Waals surface area contributed by atoms with Crippen LogP contribution in [0.4, 0.5) is 0 Å². The van der Waals surface area contributed by atoms with Crippen molar-refractivity contribution in [2.45, 2.75) is 26.3 Å². The summed E-state index contributed by atoms with van der Waals surface area (Å²) in [6.07, 6.45) is 4.98. The molecule has 0 spiro atoms. The van der Waals surface area contributed by atoms with Crippen LogP contribution in [-0.2, 0) is 16.6 Å². The Bertz CT molecular complexity index is 571. The number of hydrogen-bond donors (Lipinski definition) is 1. The van der Waals surface area contributed by atoms with E-state index in [0.717, 1.165) is 12.0 Å². The lowest BCUT2D eigenvalue weighted by molar-refractivity contribution is 0.585. The van der Waals surface area contributed by atoms with E-state index in [4.69, 9.17) is 0 Å². The molecule has 4 heteroatoms. The zero-order valence-corrected chi connectivity index (χ0v) is 11.2. The van der Waals surface area contributed by atoms with Crippen LogP contribution in [0.1, 0.15) is 25.3 Å². The van der Waals surface area contributed by atoms with Crippen molar-refractivity contribution >= 4 is 10.0 Å². The average molecular weight is 263 g/mol. The van der Waals surface area contributed by atoms with E-state index in [1.54, 1.807) is 6.08 Å². The monoisotopic (exact) mass is 263 g/mol. The largest absolute Gasteiger partial charge is 0.237 e. The zero-order valence-electron chi connectivity index (χ0n) is 10.4. The molecule has 1 aromatic rings. The van der Waals surface area contributed by atoms with Gasteiger partial charge < -0.3 is 0 Å².